The lowest BCUT2D eigenvalue weighted by molar-refractivity contribution is -0.142. The van der Waals surface area contributed by atoms with E-state index in [0.717, 1.165) is 30.3 Å². The molecule has 166 valence electrons. The summed E-state index contributed by atoms with van der Waals surface area (Å²) in [6, 6.07) is 1.71. The van der Waals surface area contributed by atoms with Gasteiger partial charge >= 0.3 is 12.1 Å². The van der Waals surface area contributed by atoms with Gasteiger partial charge in [-0.3, -0.25) is 19.0 Å². The van der Waals surface area contributed by atoms with Gasteiger partial charge in [0.1, 0.15) is 11.9 Å². The van der Waals surface area contributed by atoms with Crippen LogP contribution in [-0.4, -0.2) is 31.5 Å². The predicted molar refractivity (Wildman–Crippen MR) is 103 cm³/mol. The number of halogens is 3. The summed E-state index contributed by atoms with van der Waals surface area (Å²) in [6.07, 6.45) is 1.23. The number of nitrogens with zero attached hydrogens (tertiary/aromatic N) is 3. The Morgan fingerprint density at radius 3 is 2.48 bits per heavy atom. The quantitative estimate of drug-likeness (QED) is 0.687. The maximum atomic E-state index is 13.1. The zero-order valence-corrected chi connectivity index (χ0v) is 16.4. The van der Waals surface area contributed by atoms with Gasteiger partial charge in [-0.05, 0) is 24.0 Å². The minimum Gasteiger partial charge on any atom is -0.481 e. The van der Waals surface area contributed by atoms with Crippen molar-refractivity contribution >= 4 is 17.7 Å². The van der Waals surface area contributed by atoms with Crippen molar-refractivity contribution in [3.8, 4) is 0 Å². The van der Waals surface area contributed by atoms with Gasteiger partial charge < -0.3 is 10.4 Å². The van der Waals surface area contributed by atoms with Gasteiger partial charge in [-0.1, -0.05) is 31.7 Å². The van der Waals surface area contributed by atoms with E-state index in [9.17, 15) is 27.6 Å². The Kier molecular flexibility index (Phi) is 6.71. The Morgan fingerprint density at radius 2 is 1.90 bits per heavy atom. The number of amides is 1. The molecule has 0 saturated heterocycles. The van der Waals surface area contributed by atoms with Crippen molar-refractivity contribution in [3.63, 3.8) is 0 Å². The van der Waals surface area contributed by atoms with Crippen LogP contribution in [0.5, 0.6) is 0 Å². The Hall–Kier alpha value is -3.24. The first-order chi connectivity index (χ1) is 14.6. The van der Waals surface area contributed by atoms with Crippen molar-refractivity contribution in [1.29, 1.82) is 0 Å². The molecule has 11 heteroatoms. The molecule has 8 nitrogen and oxygen atoms in total. The monoisotopic (exact) mass is 438 g/mol. The number of hydrogen-bond donors (Lipinski definition) is 2. The van der Waals surface area contributed by atoms with Crippen LogP contribution in [0.4, 0.5) is 19.0 Å². The molecule has 0 bridgehead atoms. The van der Waals surface area contributed by atoms with Crippen molar-refractivity contribution in [2.75, 3.05) is 5.32 Å². The highest BCUT2D eigenvalue weighted by atomic mass is 19.4. The van der Waals surface area contributed by atoms with Crippen molar-refractivity contribution in [3.05, 3.63) is 52.3 Å². The number of hydrogen-bond acceptors (Lipinski definition) is 5. The van der Waals surface area contributed by atoms with Gasteiger partial charge in [0.05, 0.1) is 12.6 Å². The first-order valence-electron chi connectivity index (χ1n) is 9.76. The van der Waals surface area contributed by atoms with Gasteiger partial charge in [-0.2, -0.15) is 13.2 Å². The summed E-state index contributed by atoms with van der Waals surface area (Å²) in [6.45, 7) is 0. The van der Waals surface area contributed by atoms with Gasteiger partial charge in [0.15, 0.2) is 5.69 Å². The normalized spacial score (nSPS) is 15.6. The molecule has 2 aromatic rings. The summed E-state index contributed by atoms with van der Waals surface area (Å²) in [4.78, 5) is 43.2. The number of carbonyl (C=O) groups excluding carboxylic acids is 1. The molecule has 2 N–H and O–H groups in total. The van der Waals surface area contributed by atoms with Crippen LogP contribution in [0.1, 0.15) is 49.4 Å². The molecule has 1 amide bonds. The minimum atomic E-state index is -4.76. The number of nitrogens with one attached hydrogen (secondary N) is 1. The summed E-state index contributed by atoms with van der Waals surface area (Å²) >= 11 is 0. The number of anilines is 1. The standard InChI is InChI=1S/C20H21F3N4O4/c21-20(22,23)15-11-27(17(28)10-24-15)14(7-12-3-1-2-4-12)19(31)26-16-6-5-13(9-25-16)8-18(29)30/h5-6,9-12,14H,1-4,7-8H2,(H,29,30)(H,25,26,31). The number of carboxylic acids is 1. The minimum absolute atomic E-state index is 0.105. The molecule has 3 rings (SSSR count). The van der Waals surface area contributed by atoms with E-state index in [0.29, 0.717) is 18.0 Å². The molecule has 0 aromatic carbocycles. The highest BCUT2D eigenvalue weighted by Crippen LogP contribution is 2.33. The third-order valence-electron chi connectivity index (χ3n) is 5.22. The molecule has 1 fully saturated rings. The van der Waals surface area contributed by atoms with E-state index in [1.807, 2.05) is 0 Å². The molecule has 31 heavy (non-hydrogen) atoms. The SMILES string of the molecule is O=C(O)Cc1ccc(NC(=O)C(CC2CCCC2)n2cc(C(F)(F)F)ncc2=O)nc1. The average molecular weight is 438 g/mol. The lowest BCUT2D eigenvalue weighted by atomic mass is 9.97. The molecule has 2 heterocycles. The molecular weight excluding hydrogens is 417 g/mol. The first kappa shape index (κ1) is 22.4. The Labute approximate surface area is 175 Å². The number of aromatic nitrogens is 3. The second kappa shape index (κ2) is 9.27. The highest BCUT2D eigenvalue weighted by molar-refractivity contribution is 5.92. The summed E-state index contributed by atoms with van der Waals surface area (Å²) in [5, 5.41) is 11.3. The first-order valence-corrected chi connectivity index (χ1v) is 9.76. The van der Waals surface area contributed by atoms with Crippen LogP contribution in [0.25, 0.3) is 0 Å². The van der Waals surface area contributed by atoms with Gasteiger partial charge in [0.25, 0.3) is 5.56 Å². The van der Waals surface area contributed by atoms with Gasteiger partial charge in [-0.15, -0.1) is 0 Å². The zero-order valence-electron chi connectivity index (χ0n) is 16.4. The number of rotatable bonds is 7. The number of alkyl halides is 3. The largest absolute Gasteiger partial charge is 0.481 e. The van der Waals surface area contributed by atoms with Crippen LogP contribution in [0.15, 0.2) is 35.5 Å². The number of pyridine rings is 1. The summed E-state index contributed by atoms with van der Waals surface area (Å²) in [5.41, 5.74) is -1.64. The summed E-state index contributed by atoms with van der Waals surface area (Å²) in [7, 11) is 0. The zero-order chi connectivity index (χ0) is 22.6. The third-order valence-corrected chi connectivity index (χ3v) is 5.22. The summed E-state index contributed by atoms with van der Waals surface area (Å²) < 4.78 is 40.1. The maximum Gasteiger partial charge on any atom is 0.434 e. The molecule has 0 spiro atoms. The Balaban J connectivity index is 1.87. The van der Waals surface area contributed by atoms with E-state index >= 15 is 0 Å². The van der Waals surface area contributed by atoms with Crippen LogP contribution in [-0.2, 0) is 22.2 Å². The second-order valence-corrected chi connectivity index (χ2v) is 7.53. The fourth-order valence-electron chi connectivity index (χ4n) is 3.71. The van der Waals surface area contributed by atoms with Crippen LogP contribution in [0, 0.1) is 5.92 Å². The van der Waals surface area contributed by atoms with E-state index in [-0.39, 0.29) is 24.6 Å². The lowest BCUT2D eigenvalue weighted by Crippen LogP contribution is -2.35. The maximum absolute atomic E-state index is 13.1. The van der Waals surface area contributed by atoms with E-state index < -0.39 is 35.3 Å². The molecule has 1 aliphatic carbocycles. The number of carboxylic acid groups (broad SMARTS) is 1. The van der Waals surface area contributed by atoms with E-state index in [4.69, 9.17) is 5.11 Å². The summed E-state index contributed by atoms with van der Waals surface area (Å²) in [5.74, 6) is -1.50. The predicted octanol–water partition coefficient (Wildman–Crippen LogP) is 3.04. The van der Waals surface area contributed by atoms with Crippen LogP contribution >= 0.6 is 0 Å². The number of aliphatic carboxylic acids is 1. The van der Waals surface area contributed by atoms with Crippen LogP contribution in [0.3, 0.4) is 0 Å². The van der Waals surface area contributed by atoms with E-state index in [1.165, 1.54) is 18.3 Å². The van der Waals surface area contributed by atoms with Crippen LogP contribution in [0.2, 0.25) is 0 Å². The molecule has 2 aromatic heterocycles. The molecule has 0 aliphatic heterocycles. The van der Waals surface area contributed by atoms with Gasteiger partial charge in [0.2, 0.25) is 5.91 Å². The fourth-order valence-corrected chi connectivity index (χ4v) is 3.71. The van der Waals surface area contributed by atoms with Gasteiger partial charge in [0, 0.05) is 12.4 Å². The van der Waals surface area contributed by atoms with E-state index in [1.54, 1.807) is 0 Å². The molecule has 1 saturated carbocycles. The highest BCUT2D eigenvalue weighted by Gasteiger charge is 2.35. The lowest BCUT2D eigenvalue weighted by Gasteiger charge is -2.23. The van der Waals surface area contributed by atoms with E-state index in [2.05, 4.69) is 15.3 Å². The topological polar surface area (TPSA) is 114 Å². The third kappa shape index (κ3) is 5.89. The fraction of sp³-hybridized carbons (Fsp3) is 0.450. The van der Waals surface area contributed by atoms with Crippen molar-refractivity contribution in [2.45, 2.75) is 50.7 Å². The van der Waals surface area contributed by atoms with Crippen molar-refractivity contribution in [2.24, 2.45) is 5.92 Å². The smallest absolute Gasteiger partial charge is 0.434 e. The molecule has 1 atom stereocenters. The average Bonchev–Trinajstić information content (AvgIpc) is 3.20. The Morgan fingerprint density at radius 1 is 1.19 bits per heavy atom. The van der Waals surface area contributed by atoms with Gasteiger partial charge in [-0.25, -0.2) is 9.97 Å². The molecule has 0 radical (unpaired) electrons. The Bertz CT molecular complexity index is 999. The molecule has 1 unspecified atom stereocenters. The van der Waals surface area contributed by atoms with Crippen molar-refractivity contribution in [1.82, 2.24) is 14.5 Å². The van der Waals surface area contributed by atoms with Crippen LogP contribution < -0.4 is 10.9 Å². The second-order valence-electron chi connectivity index (χ2n) is 7.53. The number of carbonyl (C=O) groups is 2. The molecular formula is C20H21F3N4O4. The van der Waals surface area contributed by atoms with Crippen molar-refractivity contribution < 1.29 is 27.9 Å². The molecule has 1 aliphatic rings.